The van der Waals surface area contributed by atoms with E-state index in [9.17, 15) is 13.2 Å². The maximum absolute atomic E-state index is 12.1. The van der Waals surface area contributed by atoms with E-state index in [-0.39, 0.29) is 29.5 Å². The van der Waals surface area contributed by atoms with Crippen molar-refractivity contribution in [3.05, 3.63) is 53.6 Å². The molecule has 0 unspecified atom stereocenters. The van der Waals surface area contributed by atoms with E-state index in [1.807, 2.05) is 0 Å². The number of para-hydroxylation sites is 1. The fourth-order valence-corrected chi connectivity index (χ4v) is 3.56. The number of halogens is 1. The third-order valence-electron chi connectivity index (χ3n) is 3.39. The second kappa shape index (κ2) is 6.62. The van der Waals surface area contributed by atoms with Crippen molar-refractivity contribution in [2.45, 2.75) is 17.7 Å². The Morgan fingerprint density at radius 3 is 2.58 bits per heavy atom. The molecule has 0 atom stereocenters. The Hall–Kier alpha value is -2.38. The summed E-state index contributed by atoms with van der Waals surface area (Å²) in [5, 5.41) is 6.25. The molecule has 1 heterocycles. The van der Waals surface area contributed by atoms with Crippen molar-refractivity contribution in [3.8, 4) is 0 Å². The lowest BCUT2D eigenvalue weighted by molar-refractivity contribution is -0.116. The van der Waals surface area contributed by atoms with Gasteiger partial charge in [-0.2, -0.15) is 8.42 Å². The molecule has 2 aromatic carbocycles. The highest BCUT2D eigenvalue weighted by molar-refractivity contribution is 7.90. The maximum atomic E-state index is 12.1. The summed E-state index contributed by atoms with van der Waals surface area (Å²) in [7, 11) is -3.72. The van der Waals surface area contributed by atoms with Crippen LogP contribution in [-0.2, 0) is 14.8 Å². The van der Waals surface area contributed by atoms with Gasteiger partial charge in [0.15, 0.2) is 0 Å². The molecule has 0 saturated carbocycles. The number of nitrogens with zero attached hydrogens (tertiary/aromatic N) is 1. The first-order valence-corrected chi connectivity index (χ1v) is 9.01. The van der Waals surface area contributed by atoms with Crippen LogP contribution in [-0.4, -0.2) is 20.2 Å². The summed E-state index contributed by atoms with van der Waals surface area (Å²) < 4.78 is 27.9. The van der Waals surface area contributed by atoms with Gasteiger partial charge in [0.2, 0.25) is 5.91 Å². The normalized spacial score (nSPS) is 15.0. The number of carbonyl (C=O) groups is 1. The highest BCUT2D eigenvalue weighted by Gasteiger charge is 2.24. The third-order valence-corrected chi connectivity index (χ3v) is 5.02. The molecule has 1 amide bonds. The zero-order valence-electron chi connectivity index (χ0n) is 12.5. The number of sulfonamides is 1. The van der Waals surface area contributed by atoms with Gasteiger partial charge in [-0.3, -0.25) is 4.79 Å². The van der Waals surface area contributed by atoms with Crippen LogP contribution in [0.3, 0.4) is 0 Å². The van der Waals surface area contributed by atoms with E-state index in [1.165, 1.54) is 6.07 Å². The number of nitrogens with one attached hydrogen (secondary N) is 2. The van der Waals surface area contributed by atoms with Crippen molar-refractivity contribution in [2.75, 3.05) is 10.6 Å². The second-order valence-corrected chi connectivity index (χ2v) is 7.20. The van der Waals surface area contributed by atoms with Gasteiger partial charge in [0, 0.05) is 23.6 Å². The maximum Gasteiger partial charge on any atom is 0.286 e. The predicted octanol–water partition coefficient (Wildman–Crippen LogP) is 3.27. The minimum atomic E-state index is -3.72. The Balaban J connectivity index is 1.64. The molecule has 0 fully saturated rings. The van der Waals surface area contributed by atoms with Gasteiger partial charge in [0.05, 0.1) is 5.69 Å². The lowest BCUT2D eigenvalue weighted by Crippen LogP contribution is -2.23. The van der Waals surface area contributed by atoms with Crippen molar-refractivity contribution in [1.29, 1.82) is 0 Å². The van der Waals surface area contributed by atoms with Crippen molar-refractivity contribution < 1.29 is 13.2 Å². The molecule has 6 nitrogen and oxygen atoms in total. The molecule has 1 aliphatic rings. The highest BCUT2D eigenvalue weighted by Crippen LogP contribution is 2.27. The fourth-order valence-electron chi connectivity index (χ4n) is 2.26. The molecular formula is C16H14ClN3O3S. The van der Waals surface area contributed by atoms with E-state index in [1.54, 1.807) is 42.5 Å². The average molecular weight is 364 g/mol. The first-order valence-electron chi connectivity index (χ1n) is 7.19. The SMILES string of the molecule is O=C(CCC1=NS(=O)(=O)c2ccccc2N1)Nc1ccc(Cl)cc1. The second-order valence-electron chi connectivity index (χ2n) is 5.19. The third kappa shape index (κ3) is 3.74. The van der Waals surface area contributed by atoms with Crippen LogP contribution in [0.25, 0.3) is 0 Å². The molecule has 2 N–H and O–H groups in total. The largest absolute Gasteiger partial charge is 0.342 e. The van der Waals surface area contributed by atoms with Crippen molar-refractivity contribution in [2.24, 2.45) is 4.40 Å². The first-order chi connectivity index (χ1) is 11.4. The molecule has 0 bridgehead atoms. The fraction of sp³-hybridized carbons (Fsp3) is 0.125. The number of anilines is 2. The molecule has 24 heavy (non-hydrogen) atoms. The predicted molar refractivity (Wildman–Crippen MR) is 94.0 cm³/mol. The van der Waals surface area contributed by atoms with Gasteiger partial charge in [-0.25, -0.2) is 0 Å². The van der Waals surface area contributed by atoms with Crippen molar-refractivity contribution in [1.82, 2.24) is 0 Å². The molecular weight excluding hydrogens is 350 g/mol. The number of benzene rings is 2. The number of amidine groups is 1. The smallest absolute Gasteiger partial charge is 0.286 e. The van der Waals surface area contributed by atoms with E-state index in [4.69, 9.17) is 11.6 Å². The number of rotatable bonds is 4. The van der Waals surface area contributed by atoms with Gasteiger partial charge >= 0.3 is 0 Å². The summed E-state index contributed by atoms with van der Waals surface area (Å²) in [5.74, 6) is 0.0121. The van der Waals surface area contributed by atoms with Gasteiger partial charge in [-0.15, -0.1) is 4.40 Å². The summed E-state index contributed by atoms with van der Waals surface area (Å²) in [4.78, 5) is 12.1. The zero-order valence-corrected chi connectivity index (χ0v) is 14.1. The van der Waals surface area contributed by atoms with Crippen LogP contribution < -0.4 is 10.6 Å². The van der Waals surface area contributed by atoms with Crippen LogP contribution in [0.2, 0.25) is 5.02 Å². The van der Waals surface area contributed by atoms with E-state index in [2.05, 4.69) is 15.0 Å². The highest BCUT2D eigenvalue weighted by atomic mass is 35.5. The molecule has 0 aromatic heterocycles. The van der Waals surface area contributed by atoms with Crippen molar-refractivity contribution in [3.63, 3.8) is 0 Å². The van der Waals surface area contributed by atoms with Crippen LogP contribution in [0.5, 0.6) is 0 Å². The van der Waals surface area contributed by atoms with E-state index >= 15 is 0 Å². The van der Waals surface area contributed by atoms with E-state index < -0.39 is 10.0 Å². The molecule has 1 aliphatic heterocycles. The number of carbonyl (C=O) groups excluding carboxylic acids is 1. The van der Waals surface area contributed by atoms with E-state index in [0.29, 0.717) is 16.4 Å². The Morgan fingerprint density at radius 1 is 1.12 bits per heavy atom. The monoisotopic (exact) mass is 363 g/mol. The van der Waals surface area contributed by atoms with Gasteiger partial charge in [-0.05, 0) is 36.4 Å². The summed E-state index contributed by atoms with van der Waals surface area (Å²) in [6, 6.07) is 13.3. The summed E-state index contributed by atoms with van der Waals surface area (Å²) in [6.07, 6.45) is 0.291. The molecule has 8 heteroatoms. The quantitative estimate of drug-likeness (QED) is 0.872. The molecule has 0 aliphatic carbocycles. The molecule has 2 aromatic rings. The molecule has 3 rings (SSSR count). The number of hydrogen-bond donors (Lipinski definition) is 2. The Kier molecular flexibility index (Phi) is 4.55. The van der Waals surface area contributed by atoms with Crippen LogP contribution in [0, 0.1) is 0 Å². The Labute approximate surface area is 144 Å². The summed E-state index contributed by atoms with van der Waals surface area (Å²) in [6.45, 7) is 0. The van der Waals surface area contributed by atoms with Crippen molar-refractivity contribution >= 4 is 44.7 Å². The lowest BCUT2D eigenvalue weighted by Gasteiger charge is -2.17. The summed E-state index contributed by atoms with van der Waals surface area (Å²) >= 11 is 5.79. The van der Waals surface area contributed by atoms with Crippen LogP contribution >= 0.6 is 11.6 Å². The molecule has 0 saturated heterocycles. The zero-order chi connectivity index (χ0) is 17.2. The van der Waals surface area contributed by atoms with Crippen LogP contribution in [0.1, 0.15) is 12.8 Å². The minimum absolute atomic E-state index is 0.103. The number of hydrogen-bond acceptors (Lipinski definition) is 4. The lowest BCUT2D eigenvalue weighted by atomic mass is 10.2. The van der Waals surface area contributed by atoms with Gasteiger partial charge in [-0.1, -0.05) is 23.7 Å². The minimum Gasteiger partial charge on any atom is -0.342 e. The topological polar surface area (TPSA) is 87.6 Å². The average Bonchev–Trinajstić information content (AvgIpc) is 2.55. The van der Waals surface area contributed by atoms with Gasteiger partial charge in [0.1, 0.15) is 10.7 Å². The van der Waals surface area contributed by atoms with Gasteiger partial charge in [0.25, 0.3) is 10.0 Å². The van der Waals surface area contributed by atoms with Crippen LogP contribution in [0.4, 0.5) is 11.4 Å². The molecule has 124 valence electrons. The Bertz CT molecular complexity index is 908. The standard InChI is InChI=1S/C16H14ClN3O3S/c17-11-5-7-12(8-6-11)18-16(21)10-9-15-19-13-3-1-2-4-14(13)24(22,23)20-15/h1-8H,9-10H2,(H,18,21)(H,19,20). The number of fused-ring (bicyclic) bond motifs is 1. The number of amides is 1. The molecule has 0 spiro atoms. The van der Waals surface area contributed by atoms with E-state index in [0.717, 1.165) is 0 Å². The van der Waals surface area contributed by atoms with Crippen LogP contribution in [0.15, 0.2) is 57.8 Å². The first kappa shape index (κ1) is 16.5. The summed E-state index contributed by atoms with van der Waals surface area (Å²) in [5.41, 5.74) is 1.10. The Morgan fingerprint density at radius 2 is 1.83 bits per heavy atom. The molecule has 0 radical (unpaired) electrons. The van der Waals surface area contributed by atoms with Gasteiger partial charge < -0.3 is 10.6 Å².